The van der Waals surface area contributed by atoms with Crippen LogP contribution in [0, 0.1) is 5.82 Å². The van der Waals surface area contributed by atoms with Crippen LogP contribution in [-0.4, -0.2) is 51.6 Å². The topological polar surface area (TPSA) is 84.9 Å². The van der Waals surface area contributed by atoms with Gasteiger partial charge in [-0.3, -0.25) is 4.79 Å². The molecular weight excluding hydrogens is 447 g/mol. The number of rotatable bonds is 10. The predicted octanol–water partition coefficient (Wildman–Crippen LogP) is 3.99. The molecule has 2 aromatic carbocycles. The third kappa shape index (κ3) is 6.68. The summed E-state index contributed by atoms with van der Waals surface area (Å²) in [4.78, 5) is 14.8. The zero-order valence-corrected chi connectivity index (χ0v) is 19.9. The number of carbonyl (C=O) groups excluding carboxylic acids is 1. The second-order valence-electron chi connectivity index (χ2n) is 8.00. The van der Waals surface area contributed by atoms with Crippen molar-refractivity contribution in [1.29, 1.82) is 0 Å². The first-order chi connectivity index (χ1) is 15.8. The highest BCUT2D eigenvalue weighted by Crippen LogP contribution is 2.30. The molecule has 0 atom stereocenters. The average molecular weight is 479 g/mol. The molecule has 1 heterocycles. The Bertz CT molecular complexity index is 1040. The third-order valence-electron chi connectivity index (χ3n) is 5.34. The number of likely N-dealkylation sites (tertiary alicyclic amines) is 1. The minimum absolute atomic E-state index is 0.0207. The van der Waals surface area contributed by atoms with Gasteiger partial charge < -0.3 is 14.4 Å². The molecule has 1 aliphatic heterocycles. The molecule has 2 aromatic rings. The van der Waals surface area contributed by atoms with Crippen LogP contribution in [0.2, 0.25) is 0 Å². The van der Waals surface area contributed by atoms with Crippen molar-refractivity contribution in [2.45, 2.75) is 50.5 Å². The van der Waals surface area contributed by atoms with Crippen LogP contribution in [0.15, 0.2) is 47.4 Å². The molecule has 1 saturated heterocycles. The second-order valence-corrected chi connectivity index (χ2v) is 9.71. The number of benzene rings is 2. The Hall–Kier alpha value is -2.65. The maximum atomic E-state index is 13.1. The van der Waals surface area contributed by atoms with Crippen molar-refractivity contribution >= 4 is 15.9 Å². The molecule has 0 unspecified atom stereocenters. The normalized spacial score (nSPS) is 14.8. The van der Waals surface area contributed by atoms with Crippen molar-refractivity contribution in [3.05, 3.63) is 53.8 Å². The Kier molecular flexibility index (Phi) is 8.68. The molecule has 1 amide bonds. The van der Waals surface area contributed by atoms with E-state index in [0.29, 0.717) is 56.2 Å². The molecule has 33 heavy (non-hydrogen) atoms. The molecule has 3 rings (SSSR count). The summed E-state index contributed by atoms with van der Waals surface area (Å²) in [6, 6.07) is 9.63. The van der Waals surface area contributed by atoms with Crippen LogP contribution in [0.25, 0.3) is 0 Å². The van der Waals surface area contributed by atoms with Crippen molar-refractivity contribution in [2.24, 2.45) is 0 Å². The lowest BCUT2D eigenvalue weighted by atomic mass is 10.0. The Labute approximate surface area is 194 Å². The maximum absolute atomic E-state index is 13.1. The molecule has 7 nitrogen and oxygen atoms in total. The molecule has 9 heteroatoms. The molecule has 1 fully saturated rings. The van der Waals surface area contributed by atoms with Crippen molar-refractivity contribution < 1.29 is 27.1 Å². The summed E-state index contributed by atoms with van der Waals surface area (Å²) in [7, 11) is -3.74. The average Bonchev–Trinajstić information content (AvgIpc) is 2.81. The van der Waals surface area contributed by atoms with Gasteiger partial charge in [0.25, 0.3) is 5.91 Å². The fourth-order valence-corrected chi connectivity index (χ4v) is 4.89. The Morgan fingerprint density at radius 3 is 2.21 bits per heavy atom. The van der Waals surface area contributed by atoms with Gasteiger partial charge in [0.05, 0.1) is 18.1 Å². The summed E-state index contributed by atoms with van der Waals surface area (Å²) >= 11 is 0. The van der Waals surface area contributed by atoms with Gasteiger partial charge in [0.1, 0.15) is 5.82 Å². The summed E-state index contributed by atoms with van der Waals surface area (Å²) < 4.78 is 52.3. The van der Waals surface area contributed by atoms with Gasteiger partial charge in [0.15, 0.2) is 11.5 Å². The van der Waals surface area contributed by atoms with Gasteiger partial charge in [0, 0.05) is 24.7 Å². The summed E-state index contributed by atoms with van der Waals surface area (Å²) in [6.07, 6.45) is 2.69. The van der Waals surface area contributed by atoms with Crippen molar-refractivity contribution in [3.8, 4) is 11.5 Å². The smallest absolute Gasteiger partial charge is 0.253 e. The summed E-state index contributed by atoms with van der Waals surface area (Å²) in [6.45, 7) is 5.98. The number of piperidine rings is 1. The molecule has 0 saturated carbocycles. The molecule has 0 bridgehead atoms. The van der Waals surface area contributed by atoms with Crippen LogP contribution in [0.4, 0.5) is 4.39 Å². The first-order valence-electron chi connectivity index (χ1n) is 11.3. The Balaban J connectivity index is 1.62. The highest BCUT2D eigenvalue weighted by atomic mass is 32.2. The van der Waals surface area contributed by atoms with Crippen LogP contribution < -0.4 is 14.2 Å². The third-order valence-corrected chi connectivity index (χ3v) is 6.88. The molecule has 0 aliphatic carbocycles. The van der Waals surface area contributed by atoms with Gasteiger partial charge in [0.2, 0.25) is 10.0 Å². The number of nitrogens with zero attached hydrogens (tertiary/aromatic N) is 1. The monoisotopic (exact) mass is 478 g/mol. The van der Waals surface area contributed by atoms with Gasteiger partial charge in [-0.25, -0.2) is 17.5 Å². The van der Waals surface area contributed by atoms with Crippen molar-refractivity contribution in [2.75, 3.05) is 26.3 Å². The number of hydrogen-bond acceptors (Lipinski definition) is 5. The SMILES string of the molecule is CCCOc1ccc(C(=O)N2CCC(NS(=O)(=O)c3ccc(F)cc3)CC2)cc1OCCC. The van der Waals surface area contributed by atoms with E-state index in [1.165, 1.54) is 12.1 Å². The summed E-state index contributed by atoms with van der Waals surface area (Å²) in [5, 5.41) is 0. The number of sulfonamides is 1. The van der Waals surface area contributed by atoms with Gasteiger partial charge in [-0.15, -0.1) is 0 Å². The first kappa shape index (κ1) is 25.0. The van der Waals surface area contributed by atoms with Crippen LogP contribution >= 0.6 is 0 Å². The quantitative estimate of drug-likeness (QED) is 0.558. The van der Waals surface area contributed by atoms with Crippen LogP contribution in [0.5, 0.6) is 11.5 Å². The van der Waals surface area contributed by atoms with Crippen molar-refractivity contribution in [1.82, 2.24) is 9.62 Å². The predicted molar refractivity (Wildman–Crippen MR) is 124 cm³/mol. The summed E-state index contributed by atoms with van der Waals surface area (Å²) in [5.74, 6) is 0.557. The molecule has 180 valence electrons. The van der Waals surface area contributed by atoms with E-state index in [9.17, 15) is 17.6 Å². The molecule has 1 aliphatic rings. The van der Waals surface area contributed by atoms with Gasteiger partial charge >= 0.3 is 0 Å². The highest BCUT2D eigenvalue weighted by molar-refractivity contribution is 7.89. The van der Waals surface area contributed by atoms with E-state index < -0.39 is 15.8 Å². The number of amides is 1. The molecular formula is C24H31FN2O5S. The second kappa shape index (κ2) is 11.5. The van der Waals surface area contributed by atoms with Crippen molar-refractivity contribution in [3.63, 3.8) is 0 Å². The lowest BCUT2D eigenvalue weighted by molar-refractivity contribution is 0.0710. The van der Waals surface area contributed by atoms with Gasteiger partial charge in [-0.1, -0.05) is 13.8 Å². The van der Waals surface area contributed by atoms with E-state index in [-0.39, 0.29) is 16.8 Å². The standard InChI is InChI=1S/C24H31FN2O5S/c1-3-15-31-22-10-5-18(17-23(22)32-16-4-2)24(28)27-13-11-20(12-14-27)26-33(29,30)21-8-6-19(25)7-9-21/h5-10,17,20,26H,3-4,11-16H2,1-2H3. The molecule has 0 spiro atoms. The van der Waals surface area contributed by atoms with Gasteiger partial charge in [-0.2, -0.15) is 0 Å². The van der Waals surface area contributed by atoms with E-state index >= 15 is 0 Å². The van der Waals surface area contributed by atoms with E-state index in [1.54, 1.807) is 23.1 Å². The maximum Gasteiger partial charge on any atom is 0.253 e. The summed E-state index contributed by atoms with van der Waals surface area (Å²) in [5.41, 5.74) is 0.510. The van der Waals surface area contributed by atoms with E-state index in [1.807, 2.05) is 13.8 Å². The zero-order valence-electron chi connectivity index (χ0n) is 19.1. The lowest BCUT2D eigenvalue weighted by Crippen LogP contribution is -2.46. The fraction of sp³-hybridized carbons (Fsp3) is 0.458. The largest absolute Gasteiger partial charge is 0.490 e. The van der Waals surface area contributed by atoms with E-state index in [4.69, 9.17) is 9.47 Å². The Morgan fingerprint density at radius 1 is 1.00 bits per heavy atom. The Morgan fingerprint density at radius 2 is 1.61 bits per heavy atom. The zero-order chi connectivity index (χ0) is 23.8. The number of carbonyl (C=O) groups is 1. The molecule has 0 radical (unpaired) electrons. The molecule has 0 aromatic heterocycles. The number of nitrogens with one attached hydrogen (secondary N) is 1. The number of hydrogen-bond donors (Lipinski definition) is 1. The number of ether oxygens (including phenoxy) is 2. The minimum Gasteiger partial charge on any atom is -0.490 e. The lowest BCUT2D eigenvalue weighted by Gasteiger charge is -2.32. The van der Waals surface area contributed by atoms with Crippen LogP contribution in [0.3, 0.4) is 0 Å². The fourth-order valence-electron chi connectivity index (χ4n) is 3.58. The molecule has 1 N–H and O–H groups in total. The van der Waals surface area contributed by atoms with Gasteiger partial charge in [-0.05, 0) is 68.1 Å². The number of halogens is 1. The highest BCUT2D eigenvalue weighted by Gasteiger charge is 2.27. The van der Waals surface area contributed by atoms with Crippen LogP contribution in [-0.2, 0) is 10.0 Å². The first-order valence-corrected chi connectivity index (χ1v) is 12.8. The van der Waals surface area contributed by atoms with Crippen LogP contribution in [0.1, 0.15) is 49.9 Å². The van der Waals surface area contributed by atoms with E-state index in [2.05, 4.69) is 4.72 Å². The minimum atomic E-state index is -3.74. The van der Waals surface area contributed by atoms with E-state index in [0.717, 1.165) is 25.0 Å².